The Kier molecular flexibility index (Phi) is 8.28. The van der Waals surface area contributed by atoms with E-state index in [1.54, 1.807) is 31.3 Å². The second-order valence-electron chi connectivity index (χ2n) is 4.98. The van der Waals surface area contributed by atoms with Gasteiger partial charge in [0.15, 0.2) is 0 Å². The molecule has 7 heteroatoms. The smallest absolute Gasteiger partial charge is 0.242 e. The Morgan fingerprint density at radius 2 is 1.75 bits per heavy atom. The lowest BCUT2D eigenvalue weighted by molar-refractivity contribution is 0.397. The SMILES string of the molecule is CC(C)C(N)CCN(C)S(=O)(=O)c1ccc(Br)cc1.Cl. The van der Waals surface area contributed by atoms with E-state index >= 15 is 0 Å². The third-order valence-corrected chi connectivity index (χ3v) is 5.56. The van der Waals surface area contributed by atoms with Crippen LogP contribution in [0.15, 0.2) is 33.6 Å². The summed E-state index contributed by atoms with van der Waals surface area (Å²) in [6.45, 7) is 4.50. The maximum Gasteiger partial charge on any atom is 0.242 e. The van der Waals surface area contributed by atoms with E-state index in [0.29, 0.717) is 23.8 Å². The summed E-state index contributed by atoms with van der Waals surface area (Å²) in [7, 11) is -1.83. The average molecular weight is 386 g/mol. The lowest BCUT2D eigenvalue weighted by Gasteiger charge is -2.21. The Bertz CT molecular complexity index is 506. The molecule has 1 rings (SSSR count). The molecule has 0 aromatic heterocycles. The number of hydrogen-bond donors (Lipinski definition) is 1. The number of rotatable bonds is 6. The highest BCUT2D eigenvalue weighted by Crippen LogP contribution is 2.18. The molecule has 0 aliphatic rings. The Morgan fingerprint density at radius 1 is 1.25 bits per heavy atom. The molecular formula is C13H22BrClN2O2S. The van der Waals surface area contributed by atoms with Gasteiger partial charge in [-0.1, -0.05) is 29.8 Å². The van der Waals surface area contributed by atoms with Crippen LogP contribution in [0.2, 0.25) is 0 Å². The lowest BCUT2D eigenvalue weighted by atomic mass is 10.0. The monoisotopic (exact) mass is 384 g/mol. The number of benzene rings is 1. The highest BCUT2D eigenvalue weighted by atomic mass is 79.9. The van der Waals surface area contributed by atoms with Crippen molar-refractivity contribution < 1.29 is 8.42 Å². The summed E-state index contributed by atoms with van der Waals surface area (Å²) in [4.78, 5) is 0.302. The zero-order chi connectivity index (χ0) is 14.6. The minimum atomic E-state index is -3.42. The van der Waals surface area contributed by atoms with Gasteiger partial charge in [-0.2, -0.15) is 0 Å². The normalized spacial score (nSPS) is 13.3. The van der Waals surface area contributed by atoms with Gasteiger partial charge in [0.2, 0.25) is 10.0 Å². The van der Waals surface area contributed by atoms with E-state index in [1.165, 1.54) is 4.31 Å². The summed E-state index contributed by atoms with van der Waals surface area (Å²) < 4.78 is 26.8. The van der Waals surface area contributed by atoms with E-state index < -0.39 is 10.0 Å². The number of halogens is 2. The summed E-state index contributed by atoms with van der Waals surface area (Å²) in [5.74, 6) is 0.351. The molecule has 2 N–H and O–H groups in total. The van der Waals surface area contributed by atoms with Crippen molar-refractivity contribution in [3.8, 4) is 0 Å². The van der Waals surface area contributed by atoms with E-state index in [9.17, 15) is 8.42 Å². The minimum absolute atomic E-state index is 0. The van der Waals surface area contributed by atoms with Crippen molar-refractivity contribution in [1.29, 1.82) is 0 Å². The fourth-order valence-electron chi connectivity index (χ4n) is 1.57. The van der Waals surface area contributed by atoms with Crippen molar-refractivity contribution >= 4 is 38.4 Å². The molecule has 1 unspecified atom stereocenters. The molecule has 0 bridgehead atoms. The number of sulfonamides is 1. The second-order valence-corrected chi connectivity index (χ2v) is 7.94. The standard InChI is InChI=1S/C13H21BrN2O2S.ClH/c1-10(2)13(15)8-9-16(3)19(17,18)12-6-4-11(14)5-7-12;/h4-7,10,13H,8-9,15H2,1-3H3;1H. The highest BCUT2D eigenvalue weighted by molar-refractivity contribution is 9.10. The molecule has 0 saturated carbocycles. The van der Waals surface area contributed by atoms with Crippen LogP contribution >= 0.6 is 28.3 Å². The van der Waals surface area contributed by atoms with Crippen molar-refractivity contribution in [2.75, 3.05) is 13.6 Å². The van der Waals surface area contributed by atoms with E-state index in [0.717, 1.165) is 4.47 Å². The fraction of sp³-hybridized carbons (Fsp3) is 0.538. The van der Waals surface area contributed by atoms with Crippen LogP contribution in [0.3, 0.4) is 0 Å². The predicted molar refractivity (Wildman–Crippen MR) is 88.6 cm³/mol. The van der Waals surface area contributed by atoms with Crippen LogP contribution in [0.4, 0.5) is 0 Å². The first kappa shape index (κ1) is 19.9. The van der Waals surface area contributed by atoms with Gasteiger partial charge in [-0.05, 0) is 36.6 Å². The van der Waals surface area contributed by atoms with Gasteiger partial charge in [0.05, 0.1) is 4.90 Å². The average Bonchev–Trinajstić information content (AvgIpc) is 2.35. The zero-order valence-electron chi connectivity index (χ0n) is 11.9. The van der Waals surface area contributed by atoms with Crippen molar-refractivity contribution in [3.05, 3.63) is 28.7 Å². The van der Waals surface area contributed by atoms with Gasteiger partial charge >= 0.3 is 0 Å². The highest BCUT2D eigenvalue weighted by Gasteiger charge is 2.21. The molecule has 0 radical (unpaired) electrons. The van der Waals surface area contributed by atoms with Gasteiger partial charge in [0.1, 0.15) is 0 Å². The summed E-state index contributed by atoms with van der Waals surface area (Å²) in [6, 6.07) is 6.65. The molecule has 0 aliphatic heterocycles. The molecule has 1 atom stereocenters. The quantitative estimate of drug-likeness (QED) is 0.819. The van der Waals surface area contributed by atoms with Crippen LogP contribution < -0.4 is 5.73 Å². The van der Waals surface area contributed by atoms with E-state index in [-0.39, 0.29) is 18.4 Å². The van der Waals surface area contributed by atoms with Crippen molar-refractivity contribution in [2.45, 2.75) is 31.2 Å². The molecule has 0 spiro atoms. The van der Waals surface area contributed by atoms with Crippen LogP contribution in [0.1, 0.15) is 20.3 Å². The van der Waals surface area contributed by atoms with Gasteiger partial charge in [0, 0.05) is 24.1 Å². The molecular weight excluding hydrogens is 364 g/mol. The molecule has 0 fully saturated rings. The second kappa shape index (κ2) is 8.34. The molecule has 0 saturated heterocycles. The predicted octanol–water partition coefficient (Wildman–Crippen LogP) is 2.86. The Hall–Kier alpha value is -0.140. The third kappa shape index (κ3) is 5.33. The van der Waals surface area contributed by atoms with Crippen LogP contribution in [-0.4, -0.2) is 32.4 Å². The van der Waals surface area contributed by atoms with E-state index in [4.69, 9.17) is 5.73 Å². The lowest BCUT2D eigenvalue weighted by Crippen LogP contribution is -2.34. The maximum absolute atomic E-state index is 12.3. The molecule has 0 aliphatic carbocycles. The summed E-state index contributed by atoms with van der Waals surface area (Å²) in [6.07, 6.45) is 0.657. The topological polar surface area (TPSA) is 63.4 Å². The zero-order valence-corrected chi connectivity index (χ0v) is 15.1. The van der Waals surface area contributed by atoms with Crippen LogP contribution in [-0.2, 0) is 10.0 Å². The van der Waals surface area contributed by atoms with Gasteiger partial charge in [0.25, 0.3) is 0 Å². The molecule has 1 aromatic carbocycles. The van der Waals surface area contributed by atoms with Gasteiger partial charge < -0.3 is 5.73 Å². The Labute approximate surface area is 136 Å². The van der Waals surface area contributed by atoms with Gasteiger partial charge in [-0.3, -0.25) is 0 Å². The molecule has 116 valence electrons. The first-order chi connectivity index (χ1) is 8.75. The molecule has 1 aromatic rings. The molecule has 0 heterocycles. The van der Waals surface area contributed by atoms with Crippen LogP contribution in [0.25, 0.3) is 0 Å². The van der Waals surface area contributed by atoms with Crippen molar-refractivity contribution in [1.82, 2.24) is 4.31 Å². The Balaban J connectivity index is 0.00000361. The Morgan fingerprint density at radius 3 is 2.20 bits per heavy atom. The van der Waals surface area contributed by atoms with Crippen molar-refractivity contribution in [2.24, 2.45) is 11.7 Å². The molecule has 4 nitrogen and oxygen atoms in total. The first-order valence-electron chi connectivity index (χ1n) is 6.22. The molecule has 0 amide bonds. The van der Waals surface area contributed by atoms with Crippen molar-refractivity contribution in [3.63, 3.8) is 0 Å². The number of hydrogen-bond acceptors (Lipinski definition) is 3. The van der Waals surface area contributed by atoms with E-state index in [1.807, 2.05) is 13.8 Å². The third-order valence-electron chi connectivity index (χ3n) is 3.16. The summed E-state index contributed by atoms with van der Waals surface area (Å²) in [5.41, 5.74) is 5.94. The molecule has 20 heavy (non-hydrogen) atoms. The van der Waals surface area contributed by atoms with E-state index in [2.05, 4.69) is 15.9 Å². The summed E-state index contributed by atoms with van der Waals surface area (Å²) in [5, 5.41) is 0. The maximum atomic E-state index is 12.3. The van der Waals surface area contributed by atoms with Crippen LogP contribution in [0.5, 0.6) is 0 Å². The minimum Gasteiger partial charge on any atom is -0.327 e. The first-order valence-corrected chi connectivity index (χ1v) is 8.46. The number of nitrogens with zero attached hydrogens (tertiary/aromatic N) is 1. The summed E-state index contributed by atoms with van der Waals surface area (Å²) >= 11 is 3.29. The fourth-order valence-corrected chi connectivity index (χ4v) is 3.02. The van der Waals surface area contributed by atoms with Gasteiger partial charge in [-0.15, -0.1) is 12.4 Å². The number of nitrogens with two attached hydrogens (primary N) is 1. The van der Waals surface area contributed by atoms with Gasteiger partial charge in [-0.25, -0.2) is 12.7 Å². The largest absolute Gasteiger partial charge is 0.327 e. The van der Waals surface area contributed by atoms with Crippen LogP contribution in [0, 0.1) is 5.92 Å².